The molecule has 0 saturated carbocycles. The molecule has 0 fully saturated rings. The SMILES string of the molecule is Cc1ccc(NCc2cc3c(cc2O)OCO3)c(Cl)c1. The Balaban J connectivity index is 1.78. The van der Waals surface area contributed by atoms with Crippen molar-refractivity contribution in [1.29, 1.82) is 0 Å². The van der Waals surface area contributed by atoms with Gasteiger partial charge in [-0.05, 0) is 30.7 Å². The number of phenolic OH excluding ortho intramolecular Hbond substituents is 1. The van der Waals surface area contributed by atoms with Gasteiger partial charge < -0.3 is 19.9 Å². The fourth-order valence-electron chi connectivity index (χ4n) is 2.07. The number of phenols is 1. The highest BCUT2D eigenvalue weighted by Crippen LogP contribution is 2.38. The van der Waals surface area contributed by atoms with Crippen molar-refractivity contribution < 1.29 is 14.6 Å². The molecule has 0 aromatic heterocycles. The lowest BCUT2D eigenvalue weighted by Crippen LogP contribution is -2.00. The molecule has 104 valence electrons. The van der Waals surface area contributed by atoms with Crippen LogP contribution in [-0.2, 0) is 6.54 Å². The Morgan fingerprint density at radius 2 is 1.95 bits per heavy atom. The normalized spacial score (nSPS) is 12.5. The number of aryl methyl sites for hydroxylation is 1. The van der Waals surface area contributed by atoms with E-state index in [9.17, 15) is 5.11 Å². The van der Waals surface area contributed by atoms with Crippen LogP contribution in [0.1, 0.15) is 11.1 Å². The summed E-state index contributed by atoms with van der Waals surface area (Å²) in [6.07, 6.45) is 0. The van der Waals surface area contributed by atoms with Crippen molar-refractivity contribution >= 4 is 17.3 Å². The molecule has 0 radical (unpaired) electrons. The van der Waals surface area contributed by atoms with Crippen LogP contribution in [-0.4, -0.2) is 11.9 Å². The molecule has 0 unspecified atom stereocenters. The van der Waals surface area contributed by atoms with Crippen LogP contribution in [0.2, 0.25) is 5.02 Å². The molecule has 1 aliphatic rings. The van der Waals surface area contributed by atoms with Gasteiger partial charge in [-0.1, -0.05) is 17.7 Å². The Kier molecular flexibility index (Phi) is 3.32. The molecule has 2 aromatic carbocycles. The molecule has 0 amide bonds. The highest BCUT2D eigenvalue weighted by Gasteiger charge is 2.16. The van der Waals surface area contributed by atoms with E-state index in [0.717, 1.165) is 16.8 Å². The number of ether oxygens (including phenoxy) is 2. The van der Waals surface area contributed by atoms with Gasteiger partial charge in [-0.3, -0.25) is 0 Å². The zero-order valence-corrected chi connectivity index (χ0v) is 11.7. The van der Waals surface area contributed by atoms with Crippen LogP contribution in [0.3, 0.4) is 0 Å². The standard InChI is InChI=1S/C15H14ClNO3/c1-9-2-3-12(11(16)4-9)17-7-10-5-14-15(6-13(10)18)20-8-19-14/h2-6,17-18H,7-8H2,1H3. The summed E-state index contributed by atoms with van der Waals surface area (Å²) in [4.78, 5) is 0. The molecule has 0 saturated heterocycles. The van der Waals surface area contributed by atoms with Gasteiger partial charge in [0, 0.05) is 18.2 Å². The van der Waals surface area contributed by atoms with Gasteiger partial charge in [-0.2, -0.15) is 0 Å². The molecule has 4 nitrogen and oxygen atoms in total. The predicted octanol–water partition coefficient (Wildman–Crippen LogP) is 3.69. The Morgan fingerprint density at radius 1 is 1.20 bits per heavy atom. The molecule has 0 bridgehead atoms. The molecule has 1 aliphatic heterocycles. The lowest BCUT2D eigenvalue weighted by molar-refractivity contribution is 0.174. The first-order chi connectivity index (χ1) is 9.63. The minimum atomic E-state index is 0.171. The molecule has 0 aliphatic carbocycles. The smallest absolute Gasteiger partial charge is 0.231 e. The minimum absolute atomic E-state index is 0.171. The van der Waals surface area contributed by atoms with E-state index in [-0.39, 0.29) is 12.5 Å². The average molecular weight is 292 g/mol. The first-order valence-electron chi connectivity index (χ1n) is 6.25. The second-order valence-corrected chi connectivity index (χ2v) is 5.08. The van der Waals surface area contributed by atoms with Crippen LogP contribution in [0.4, 0.5) is 5.69 Å². The van der Waals surface area contributed by atoms with E-state index in [1.807, 2.05) is 25.1 Å². The second kappa shape index (κ2) is 5.13. The number of halogens is 1. The summed E-state index contributed by atoms with van der Waals surface area (Å²) in [6, 6.07) is 9.13. The van der Waals surface area contributed by atoms with Gasteiger partial charge in [0.1, 0.15) is 5.75 Å². The van der Waals surface area contributed by atoms with E-state index in [4.69, 9.17) is 21.1 Å². The summed E-state index contributed by atoms with van der Waals surface area (Å²) in [7, 11) is 0. The van der Waals surface area contributed by atoms with Crippen LogP contribution in [0.25, 0.3) is 0 Å². The maximum Gasteiger partial charge on any atom is 0.231 e. The van der Waals surface area contributed by atoms with Crippen LogP contribution in [0, 0.1) is 6.92 Å². The van der Waals surface area contributed by atoms with Gasteiger partial charge in [0.15, 0.2) is 11.5 Å². The molecule has 0 atom stereocenters. The number of benzene rings is 2. The predicted molar refractivity (Wildman–Crippen MR) is 77.7 cm³/mol. The first kappa shape index (κ1) is 12.9. The van der Waals surface area contributed by atoms with E-state index in [1.165, 1.54) is 0 Å². The van der Waals surface area contributed by atoms with Crippen LogP contribution < -0.4 is 14.8 Å². The zero-order chi connectivity index (χ0) is 14.1. The highest BCUT2D eigenvalue weighted by atomic mass is 35.5. The topological polar surface area (TPSA) is 50.7 Å². The lowest BCUT2D eigenvalue weighted by Gasteiger charge is -2.11. The maximum atomic E-state index is 9.96. The van der Waals surface area contributed by atoms with Crippen LogP contribution in [0.5, 0.6) is 17.2 Å². The van der Waals surface area contributed by atoms with Gasteiger partial charge in [-0.25, -0.2) is 0 Å². The van der Waals surface area contributed by atoms with Gasteiger partial charge >= 0.3 is 0 Å². The average Bonchev–Trinajstić information content (AvgIpc) is 2.84. The number of fused-ring (bicyclic) bond motifs is 1. The zero-order valence-electron chi connectivity index (χ0n) is 10.9. The molecule has 1 heterocycles. The summed E-state index contributed by atoms with van der Waals surface area (Å²) in [5.41, 5.74) is 2.66. The Hall–Kier alpha value is -2.07. The quantitative estimate of drug-likeness (QED) is 0.905. The summed E-state index contributed by atoms with van der Waals surface area (Å²) in [5.74, 6) is 1.39. The van der Waals surface area contributed by atoms with E-state index >= 15 is 0 Å². The van der Waals surface area contributed by atoms with Crippen LogP contribution in [0.15, 0.2) is 30.3 Å². The molecule has 2 aromatic rings. The van der Waals surface area contributed by atoms with Crippen LogP contribution >= 0.6 is 11.6 Å². The Morgan fingerprint density at radius 3 is 2.70 bits per heavy atom. The van der Waals surface area contributed by atoms with Crippen molar-refractivity contribution in [2.24, 2.45) is 0 Å². The summed E-state index contributed by atoms with van der Waals surface area (Å²) in [5, 5.41) is 13.8. The van der Waals surface area contributed by atoms with E-state index < -0.39 is 0 Å². The van der Waals surface area contributed by atoms with E-state index in [1.54, 1.807) is 12.1 Å². The Bertz CT molecular complexity index is 658. The maximum absolute atomic E-state index is 9.96. The monoisotopic (exact) mass is 291 g/mol. The minimum Gasteiger partial charge on any atom is -0.507 e. The van der Waals surface area contributed by atoms with Gasteiger partial charge in [-0.15, -0.1) is 0 Å². The van der Waals surface area contributed by atoms with E-state index in [0.29, 0.717) is 23.1 Å². The third-order valence-electron chi connectivity index (χ3n) is 3.17. The van der Waals surface area contributed by atoms with Crippen molar-refractivity contribution in [1.82, 2.24) is 0 Å². The fourth-order valence-corrected chi connectivity index (χ4v) is 2.37. The Labute approximate surface area is 121 Å². The van der Waals surface area contributed by atoms with Crippen molar-refractivity contribution in [3.05, 3.63) is 46.5 Å². The molecule has 20 heavy (non-hydrogen) atoms. The van der Waals surface area contributed by atoms with Crippen molar-refractivity contribution in [3.63, 3.8) is 0 Å². The summed E-state index contributed by atoms with van der Waals surface area (Å²) in [6.45, 7) is 2.63. The molecular formula is C15H14ClNO3. The number of hydrogen-bond donors (Lipinski definition) is 2. The number of rotatable bonds is 3. The summed E-state index contributed by atoms with van der Waals surface area (Å²) < 4.78 is 10.5. The number of hydrogen-bond acceptors (Lipinski definition) is 4. The van der Waals surface area contributed by atoms with E-state index in [2.05, 4.69) is 5.32 Å². The van der Waals surface area contributed by atoms with Crippen molar-refractivity contribution in [3.8, 4) is 17.2 Å². The summed E-state index contributed by atoms with van der Waals surface area (Å²) >= 11 is 6.16. The second-order valence-electron chi connectivity index (χ2n) is 4.67. The highest BCUT2D eigenvalue weighted by molar-refractivity contribution is 6.33. The third-order valence-corrected chi connectivity index (χ3v) is 3.48. The number of aromatic hydroxyl groups is 1. The number of nitrogens with one attached hydrogen (secondary N) is 1. The molecule has 0 spiro atoms. The fraction of sp³-hybridized carbons (Fsp3) is 0.200. The molecule has 2 N–H and O–H groups in total. The molecule has 5 heteroatoms. The molecular weight excluding hydrogens is 278 g/mol. The van der Waals surface area contributed by atoms with Gasteiger partial charge in [0.05, 0.1) is 10.7 Å². The molecule has 3 rings (SSSR count). The van der Waals surface area contributed by atoms with Gasteiger partial charge in [0.25, 0.3) is 0 Å². The largest absolute Gasteiger partial charge is 0.507 e. The van der Waals surface area contributed by atoms with Gasteiger partial charge in [0.2, 0.25) is 6.79 Å². The van der Waals surface area contributed by atoms with Crippen molar-refractivity contribution in [2.45, 2.75) is 13.5 Å². The third kappa shape index (κ3) is 2.47. The lowest BCUT2D eigenvalue weighted by atomic mass is 10.1. The number of anilines is 1. The van der Waals surface area contributed by atoms with Crippen molar-refractivity contribution in [2.75, 3.05) is 12.1 Å². The first-order valence-corrected chi connectivity index (χ1v) is 6.63.